The Morgan fingerprint density at radius 2 is 1.84 bits per heavy atom. The van der Waals surface area contributed by atoms with Crippen LogP contribution in [0, 0.1) is 0 Å². The predicted molar refractivity (Wildman–Crippen MR) is 76.7 cm³/mol. The minimum atomic E-state index is 0.639. The Bertz CT molecular complexity index is 205. The first-order chi connectivity index (χ1) is 9.36. The highest BCUT2D eigenvalue weighted by molar-refractivity contribution is 4.75. The first kappa shape index (κ1) is 16.9. The number of nitrogens with zero attached hydrogens (tertiary/aromatic N) is 1. The van der Waals surface area contributed by atoms with Gasteiger partial charge in [0, 0.05) is 26.2 Å². The van der Waals surface area contributed by atoms with Gasteiger partial charge in [-0.05, 0) is 25.9 Å². The van der Waals surface area contributed by atoms with Gasteiger partial charge in [-0.15, -0.1) is 0 Å². The van der Waals surface area contributed by atoms with Gasteiger partial charge >= 0.3 is 0 Å². The second-order valence-corrected chi connectivity index (χ2v) is 4.93. The minimum Gasteiger partial charge on any atom is -0.382 e. The minimum absolute atomic E-state index is 0.639. The van der Waals surface area contributed by atoms with Crippen molar-refractivity contribution >= 4 is 0 Å². The molecule has 1 aliphatic heterocycles. The monoisotopic (exact) mass is 274 g/mol. The van der Waals surface area contributed by atoms with Crippen molar-refractivity contribution in [2.75, 3.05) is 66.3 Å². The van der Waals surface area contributed by atoms with Crippen molar-refractivity contribution in [1.29, 1.82) is 0 Å². The molecule has 1 atom stereocenters. The van der Waals surface area contributed by atoms with Gasteiger partial charge in [0.05, 0.1) is 33.0 Å². The van der Waals surface area contributed by atoms with E-state index in [-0.39, 0.29) is 0 Å². The van der Waals surface area contributed by atoms with Crippen molar-refractivity contribution in [2.24, 2.45) is 0 Å². The number of hydrogen-bond donors (Lipinski definition) is 1. The quantitative estimate of drug-likeness (QED) is 0.595. The largest absolute Gasteiger partial charge is 0.382 e. The molecule has 1 rings (SSSR count). The van der Waals surface area contributed by atoms with E-state index in [1.54, 1.807) is 7.11 Å². The van der Waals surface area contributed by atoms with Gasteiger partial charge in [0.1, 0.15) is 0 Å². The number of nitrogens with one attached hydrogen (secondary N) is 1. The highest BCUT2D eigenvalue weighted by Crippen LogP contribution is 2.03. The van der Waals surface area contributed by atoms with E-state index in [0.29, 0.717) is 32.5 Å². The first-order valence-corrected chi connectivity index (χ1v) is 7.47. The maximum Gasteiger partial charge on any atom is 0.0701 e. The topological polar surface area (TPSA) is 43.0 Å². The van der Waals surface area contributed by atoms with E-state index in [1.807, 2.05) is 0 Å². The van der Waals surface area contributed by atoms with E-state index >= 15 is 0 Å². The van der Waals surface area contributed by atoms with Crippen molar-refractivity contribution in [3.05, 3.63) is 0 Å². The van der Waals surface area contributed by atoms with Gasteiger partial charge in [0.2, 0.25) is 0 Å². The molecule has 1 fully saturated rings. The second kappa shape index (κ2) is 11.6. The lowest BCUT2D eigenvalue weighted by atomic mass is 10.2. The van der Waals surface area contributed by atoms with E-state index in [4.69, 9.17) is 14.2 Å². The fourth-order valence-electron chi connectivity index (χ4n) is 2.21. The van der Waals surface area contributed by atoms with Crippen LogP contribution < -0.4 is 5.32 Å². The third kappa shape index (κ3) is 8.55. The van der Waals surface area contributed by atoms with Gasteiger partial charge in [0.15, 0.2) is 0 Å². The Hall–Kier alpha value is -0.200. The summed E-state index contributed by atoms with van der Waals surface area (Å²) in [5.41, 5.74) is 0. The van der Waals surface area contributed by atoms with Gasteiger partial charge in [-0.1, -0.05) is 6.92 Å². The zero-order valence-electron chi connectivity index (χ0n) is 12.5. The number of rotatable bonds is 10. The molecule has 19 heavy (non-hydrogen) atoms. The van der Waals surface area contributed by atoms with Crippen LogP contribution in [0.1, 0.15) is 19.8 Å². The van der Waals surface area contributed by atoms with Crippen LogP contribution in [0.3, 0.4) is 0 Å². The fourth-order valence-corrected chi connectivity index (χ4v) is 2.21. The maximum atomic E-state index is 5.60. The highest BCUT2D eigenvalue weighted by Gasteiger charge is 2.15. The molecule has 1 aliphatic rings. The molecule has 1 N–H and O–H groups in total. The summed E-state index contributed by atoms with van der Waals surface area (Å²) in [7, 11) is 1.68. The number of ether oxygens (including phenoxy) is 3. The third-order valence-corrected chi connectivity index (χ3v) is 3.41. The average Bonchev–Trinajstić information content (AvgIpc) is 2.67. The smallest absolute Gasteiger partial charge is 0.0701 e. The molecule has 0 bridgehead atoms. The molecule has 0 aromatic carbocycles. The van der Waals surface area contributed by atoms with E-state index in [1.165, 1.54) is 19.4 Å². The standard InChI is InChI=1S/C14H30N2O3/c1-3-14-13-16(6-4-5-15-14)7-8-18-11-12-19-10-9-17-2/h14-15H,3-13H2,1-2H3. The van der Waals surface area contributed by atoms with E-state index in [0.717, 1.165) is 26.2 Å². The zero-order valence-corrected chi connectivity index (χ0v) is 12.5. The van der Waals surface area contributed by atoms with E-state index in [2.05, 4.69) is 17.1 Å². The number of hydrogen-bond acceptors (Lipinski definition) is 5. The molecule has 1 heterocycles. The summed E-state index contributed by atoms with van der Waals surface area (Å²) in [6.07, 6.45) is 2.43. The lowest BCUT2D eigenvalue weighted by Gasteiger charge is -2.23. The Kier molecular flexibility index (Phi) is 10.3. The SMILES string of the molecule is CCC1CN(CCOCCOCCOC)CCCN1. The van der Waals surface area contributed by atoms with Crippen molar-refractivity contribution in [3.63, 3.8) is 0 Å². The lowest BCUT2D eigenvalue weighted by Crippen LogP contribution is -2.38. The molecule has 1 saturated heterocycles. The van der Waals surface area contributed by atoms with Crippen LogP contribution in [-0.2, 0) is 14.2 Å². The summed E-state index contributed by atoms with van der Waals surface area (Å²) in [6, 6.07) is 0.639. The second-order valence-electron chi connectivity index (χ2n) is 4.93. The first-order valence-electron chi connectivity index (χ1n) is 7.47. The molecule has 0 spiro atoms. The highest BCUT2D eigenvalue weighted by atomic mass is 16.5. The zero-order chi connectivity index (χ0) is 13.8. The molecular weight excluding hydrogens is 244 g/mol. The summed E-state index contributed by atoms with van der Waals surface area (Å²) in [5.74, 6) is 0. The molecule has 0 saturated carbocycles. The average molecular weight is 274 g/mol. The molecule has 0 aromatic heterocycles. The summed E-state index contributed by atoms with van der Waals surface area (Å²) >= 11 is 0. The Labute approximate surface area is 117 Å². The van der Waals surface area contributed by atoms with Crippen LogP contribution in [0.5, 0.6) is 0 Å². The Balaban J connectivity index is 1.95. The van der Waals surface area contributed by atoms with Crippen molar-refractivity contribution in [3.8, 4) is 0 Å². The van der Waals surface area contributed by atoms with Gasteiger partial charge < -0.3 is 19.5 Å². The van der Waals surface area contributed by atoms with Crippen LogP contribution >= 0.6 is 0 Å². The molecule has 5 heteroatoms. The fraction of sp³-hybridized carbons (Fsp3) is 1.00. The van der Waals surface area contributed by atoms with Crippen molar-refractivity contribution in [2.45, 2.75) is 25.8 Å². The molecule has 0 aromatic rings. The summed E-state index contributed by atoms with van der Waals surface area (Å²) in [6.45, 7) is 10.2. The molecule has 0 radical (unpaired) electrons. The Morgan fingerprint density at radius 1 is 1.11 bits per heavy atom. The van der Waals surface area contributed by atoms with E-state index < -0.39 is 0 Å². The van der Waals surface area contributed by atoms with Gasteiger partial charge in [-0.25, -0.2) is 0 Å². The maximum absolute atomic E-state index is 5.60. The van der Waals surface area contributed by atoms with Crippen LogP contribution in [0.2, 0.25) is 0 Å². The molecule has 5 nitrogen and oxygen atoms in total. The van der Waals surface area contributed by atoms with Crippen molar-refractivity contribution in [1.82, 2.24) is 10.2 Å². The van der Waals surface area contributed by atoms with Crippen LogP contribution in [0.25, 0.3) is 0 Å². The third-order valence-electron chi connectivity index (χ3n) is 3.41. The molecule has 0 aliphatic carbocycles. The molecular formula is C14H30N2O3. The molecule has 1 unspecified atom stereocenters. The Morgan fingerprint density at radius 3 is 2.58 bits per heavy atom. The normalized spacial score (nSPS) is 21.5. The van der Waals surface area contributed by atoms with Gasteiger partial charge in [0.25, 0.3) is 0 Å². The summed E-state index contributed by atoms with van der Waals surface area (Å²) in [4.78, 5) is 2.50. The molecule has 0 amide bonds. The molecule has 114 valence electrons. The number of methoxy groups -OCH3 is 1. The van der Waals surface area contributed by atoms with Crippen LogP contribution in [0.4, 0.5) is 0 Å². The lowest BCUT2D eigenvalue weighted by molar-refractivity contribution is 0.0194. The summed E-state index contributed by atoms with van der Waals surface area (Å²) < 4.78 is 15.8. The van der Waals surface area contributed by atoms with Gasteiger partial charge in [-0.3, -0.25) is 4.90 Å². The van der Waals surface area contributed by atoms with Crippen molar-refractivity contribution < 1.29 is 14.2 Å². The van der Waals surface area contributed by atoms with Crippen LogP contribution in [-0.4, -0.2) is 77.3 Å². The van der Waals surface area contributed by atoms with Crippen LogP contribution in [0.15, 0.2) is 0 Å². The summed E-state index contributed by atoms with van der Waals surface area (Å²) in [5, 5.41) is 3.58. The van der Waals surface area contributed by atoms with Gasteiger partial charge in [-0.2, -0.15) is 0 Å². The predicted octanol–water partition coefficient (Wildman–Crippen LogP) is 0.740. The van der Waals surface area contributed by atoms with E-state index in [9.17, 15) is 0 Å².